The van der Waals surface area contributed by atoms with E-state index in [1.165, 1.54) is 29.0 Å². The molecule has 6 nitrogen and oxygen atoms in total. The minimum absolute atomic E-state index is 0.178. The number of aryl methyl sites for hydroxylation is 1. The first-order valence-electron chi connectivity index (χ1n) is 6.67. The number of thiazole rings is 1. The maximum Gasteiger partial charge on any atom is 0.273 e. The SMILES string of the molecule is CC(=O)Nc1sc(-n2[nH]c(C)cc2=O)nc1-c1ccccc1. The van der Waals surface area contributed by atoms with Crippen molar-refractivity contribution in [2.24, 2.45) is 0 Å². The van der Waals surface area contributed by atoms with E-state index < -0.39 is 0 Å². The molecule has 0 fully saturated rings. The normalized spacial score (nSPS) is 10.6. The summed E-state index contributed by atoms with van der Waals surface area (Å²) in [6.45, 7) is 3.25. The van der Waals surface area contributed by atoms with Crippen LogP contribution in [0, 0.1) is 6.92 Å². The molecule has 0 aliphatic rings. The van der Waals surface area contributed by atoms with E-state index in [9.17, 15) is 9.59 Å². The number of H-pyrrole nitrogens is 1. The number of carbonyl (C=O) groups excluding carboxylic acids is 1. The van der Waals surface area contributed by atoms with Crippen molar-refractivity contribution >= 4 is 22.2 Å². The lowest BCUT2D eigenvalue weighted by molar-refractivity contribution is -0.114. The Balaban J connectivity index is 2.15. The molecule has 3 rings (SSSR count). The van der Waals surface area contributed by atoms with Crippen LogP contribution in [0.5, 0.6) is 0 Å². The molecule has 2 heterocycles. The largest absolute Gasteiger partial charge is 0.316 e. The molecule has 22 heavy (non-hydrogen) atoms. The molecule has 0 atom stereocenters. The minimum atomic E-state index is -0.180. The molecule has 0 saturated carbocycles. The Hall–Kier alpha value is -2.67. The fraction of sp³-hybridized carbons (Fsp3) is 0.133. The van der Waals surface area contributed by atoms with E-state index in [-0.39, 0.29) is 11.5 Å². The average molecular weight is 314 g/mol. The van der Waals surface area contributed by atoms with Crippen molar-refractivity contribution in [3.05, 3.63) is 52.4 Å². The fourth-order valence-corrected chi connectivity index (χ4v) is 3.10. The van der Waals surface area contributed by atoms with E-state index in [1.54, 1.807) is 6.92 Å². The van der Waals surface area contributed by atoms with Gasteiger partial charge in [-0.05, 0) is 6.92 Å². The average Bonchev–Trinajstić information content (AvgIpc) is 3.02. The van der Waals surface area contributed by atoms with Gasteiger partial charge in [0, 0.05) is 24.2 Å². The van der Waals surface area contributed by atoms with Crippen molar-refractivity contribution in [2.75, 3.05) is 5.32 Å². The second-order valence-electron chi connectivity index (χ2n) is 4.83. The molecule has 1 amide bonds. The Morgan fingerprint density at radius 2 is 2.05 bits per heavy atom. The molecular weight excluding hydrogens is 300 g/mol. The lowest BCUT2D eigenvalue weighted by Crippen LogP contribution is -2.12. The summed E-state index contributed by atoms with van der Waals surface area (Å²) in [5.41, 5.74) is 2.10. The van der Waals surface area contributed by atoms with Gasteiger partial charge in [-0.2, -0.15) is 4.68 Å². The monoisotopic (exact) mass is 314 g/mol. The Morgan fingerprint density at radius 3 is 2.64 bits per heavy atom. The number of nitrogens with one attached hydrogen (secondary N) is 2. The van der Waals surface area contributed by atoms with Crippen LogP contribution in [-0.2, 0) is 4.79 Å². The molecule has 2 aromatic heterocycles. The second kappa shape index (κ2) is 5.61. The zero-order valence-electron chi connectivity index (χ0n) is 12.1. The summed E-state index contributed by atoms with van der Waals surface area (Å²) in [4.78, 5) is 27.8. The lowest BCUT2D eigenvalue weighted by Gasteiger charge is -2.01. The van der Waals surface area contributed by atoms with Gasteiger partial charge in [0.05, 0.1) is 0 Å². The van der Waals surface area contributed by atoms with Gasteiger partial charge < -0.3 is 5.32 Å². The summed E-state index contributed by atoms with van der Waals surface area (Å²) in [7, 11) is 0. The van der Waals surface area contributed by atoms with Crippen LogP contribution in [0.25, 0.3) is 16.4 Å². The van der Waals surface area contributed by atoms with Crippen LogP contribution in [0.15, 0.2) is 41.2 Å². The molecule has 0 aliphatic carbocycles. The van der Waals surface area contributed by atoms with Crippen molar-refractivity contribution in [1.29, 1.82) is 0 Å². The summed E-state index contributed by atoms with van der Waals surface area (Å²) in [6.07, 6.45) is 0. The van der Waals surface area contributed by atoms with E-state index in [4.69, 9.17) is 0 Å². The number of nitrogens with zero attached hydrogens (tertiary/aromatic N) is 2. The van der Waals surface area contributed by atoms with Crippen LogP contribution in [0.3, 0.4) is 0 Å². The van der Waals surface area contributed by atoms with E-state index in [1.807, 2.05) is 30.3 Å². The number of amides is 1. The Morgan fingerprint density at radius 1 is 1.32 bits per heavy atom. The van der Waals surface area contributed by atoms with Gasteiger partial charge in [0.1, 0.15) is 10.7 Å². The maximum atomic E-state index is 11.9. The highest BCUT2D eigenvalue weighted by molar-refractivity contribution is 7.18. The summed E-state index contributed by atoms with van der Waals surface area (Å²) >= 11 is 1.25. The predicted octanol–water partition coefficient (Wildman–Crippen LogP) is 2.56. The molecule has 0 radical (unpaired) electrons. The number of carbonyl (C=O) groups is 1. The second-order valence-corrected chi connectivity index (χ2v) is 5.81. The smallest absolute Gasteiger partial charge is 0.273 e. The van der Waals surface area contributed by atoms with Gasteiger partial charge in [-0.25, -0.2) is 4.98 Å². The first-order valence-corrected chi connectivity index (χ1v) is 7.49. The summed E-state index contributed by atoms with van der Waals surface area (Å²) in [5, 5.41) is 6.83. The molecule has 0 saturated heterocycles. The molecule has 2 N–H and O–H groups in total. The van der Waals surface area contributed by atoms with Crippen LogP contribution >= 0.6 is 11.3 Å². The van der Waals surface area contributed by atoms with Gasteiger partial charge >= 0.3 is 0 Å². The number of rotatable bonds is 3. The highest BCUT2D eigenvalue weighted by Crippen LogP contribution is 2.34. The van der Waals surface area contributed by atoms with Crippen molar-refractivity contribution in [1.82, 2.24) is 14.8 Å². The Bertz CT molecular complexity index is 877. The van der Waals surface area contributed by atoms with Crippen LogP contribution < -0.4 is 10.9 Å². The van der Waals surface area contributed by atoms with Crippen LogP contribution in [0.4, 0.5) is 5.00 Å². The first kappa shape index (κ1) is 14.3. The lowest BCUT2D eigenvalue weighted by atomic mass is 10.2. The van der Waals surface area contributed by atoms with Crippen LogP contribution in [0.1, 0.15) is 12.6 Å². The highest BCUT2D eigenvalue weighted by Gasteiger charge is 2.16. The van der Waals surface area contributed by atoms with E-state index in [2.05, 4.69) is 15.4 Å². The van der Waals surface area contributed by atoms with Gasteiger partial charge in [0.25, 0.3) is 5.56 Å². The van der Waals surface area contributed by atoms with E-state index in [0.717, 1.165) is 11.3 Å². The zero-order valence-corrected chi connectivity index (χ0v) is 12.9. The minimum Gasteiger partial charge on any atom is -0.316 e. The zero-order chi connectivity index (χ0) is 15.7. The molecule has 112 valence electrons. The van der Waals surface area contributed by atoms with Crippen LogP contribution in [-0.4, -0.2) is 20.7 Å². The topological polar surface area (TPSA) is 79.8 Å². The Labute approximate surface area is 130 Å². The number of aromatic amines is 1. The first-order chi connectivity index (χ1) is 10.5. The predicted molar refractivity (Wildman–Crippen MR) is 86.5 cm³/mol. The number of hydrogen-bond acceptors (Lipinski definition) is 4. The third-order valence-electron chi connectivity index (χ3n) is 2.99. The van der Waals surface area contributed by atoms with Gasteiger partial charge in [0.2, 0.25) is 11.0 Å². The number of hydrogen-bond donors (Lipinski definition) is 2. The molecule has 7 heteroatoms. The van der Waals surface area contributed by atoms with Crippen molar-refractivity contribution in [3.8, 4) is 16.4 Å². The van der Waals surface area contributed by atoms with Crippen LogP contribution in [0.2, 0.25) is 0 Å². The molecule has 1 aromatic carbocycles. The van der Waals surface area contributed by atoms with Crippen molar-refractivity contribution in [2.45, 2.75) is 13.8 Å². The molecule has 3 aromatic rings. The van der Waals surface area contributed by atoms with E-state index in [0.29, 0.717) is 15.8 Å². The number of benzene rings is 1. The highest BCUT2D eigenvalue weighted by atomic mass is 32.1. The molecule has 0 bridgehead atoms. The standard InChI is InChI=1S/C15H14N4O2S/c1-9-8-12(21)19(18-9)15-17-13(11-6-4-3-5-7-11)14(22-15)16-10(2)20/h3-8,18H,1-2H3,(H,16,20). The van der Waals surface area contributed by atoms with Gasteiger partial charge in [-0.3, -0.25) is 14.7 Å². The number of aromatic nitrogens is 3. The summed E-state index contributed by atoms with van der Waals surface area (Å²) in [5.74, 6) is -0.178. The molecular formula is C15H14N4O2S. The van der Waals surface area contributed by atoms with Crippen molar-refractivity contribution < 1.29 is 4.79 Å². The third-order valence-corrected chi connectivity index (χ3v) is 3.95. The molecule has 0 unspecified atom stereocenters. The van der Waals surface area contributed by atoms with Gasteiger partial charge in [-0.1, -0.05) is 41.7 Å². The summed E-state index contributed by atoms with van der Waals surface area (Å²) < 4.78 is 1.37. The summed E-state index contributed by atoms with van der Waals surface area (Å²) in [6, 6.07) is 11.0. The quantitative estimate of drug-likeness (QED) is 0.779. The molecule has 0 aliphatic heterocycles. The molecule has 0 spiro atoms. The van der Waals surface area contributed by atoms with E-state index >= 15 is 0 Å². The maximum absolute atomic E-state index is 11.9. The fourth-order valence-electron chi connectivity index (χ4n) is 2.10. The van der Waals surface area contributed by atoms with Gasteiger partial charge in [-0.15, -0.1) is 0 Å². The third kappa shape index (κ3) is 2.71. The van der Waals surface area contributed by atoms with Gasteiger partial charge in [0.15, 0.2) is 0 Å². The van der Waals surface area contributed by atoms with Crippen molar-refractivity contribution in [3.63, 3.8) is 0 Å². The number of anilines is 1. The Kier molecular flexibility index (Phi) is 3.64.